The van der Waals surface area contributed by atoms with Crippen LogP contribution in [0, 0.1) is 6.92 Å². The second-order valence-corrected chi connectivity index (χ2v) is 9.72. The van der Waals surface area contributed by atoms with Gasteiger partial charge in [-0.05, 0) is 38.1 Å². The molecule has 0 saturated carbocycles. The van der Waals surface area contributed by atoms with E-state index in [0.29, 0.717) is 33.6 Å². The molecule has 1 heterocycles. The van der Waals surface area contributed by atoms with Crippen molar-refractivity contribution in [3.8, 4) is 0 Å². The first-order valence-electron chi connectivity index (χ1n) is 10.8. The maximum absolute atomic E-state index is 13.7. The summed E-state index contributed by atoms with van der Waals surface area (Å²) in [4.78, 5) is 33.2. The zero-order valence-corrected chi connectivity index (χ0v) is 19.0. The number of allylic oxidation sites excluding steroid dienone is 3. The third kappa shape index (κ3) is 3.19. The lowest BCUT2D eigenvalue weighted by Gasteiger charge is -2.29. The molecule has 0 saturated heterocycles. The summed E-state index contributed by atoms with van der Waals surface area (Å²) in [5, 5.41) is 3.50. The molecule has 0 spiro atoms. The van der Waals surface area contributed by atoms with Gasteiger partial charge in [-0.3, -0.25) is 9.59 Å². The summed E-state index contributed by atoms with van der Waals surface area (Å²) in [6, 6.07) is 17.0. The van der Waals surface area contributed by atoms with Crippen LogP contribution in [0.4, 0.5) is 17.1 Å². The first-order valence-corrected chi connectivity index (χ1v) is 11.7. The Morgan fingerprint density at radius 3 is 2.30 bits per heavy atom. The summed E-state index contributed by atoms with van der Waals surface area (Å²) in [6.45, 7) is 4.10. The first kappa shape index (κ1) is 19.9. The van der Waals surface area contributed by atoms with Gasteiger partial charge in [0.05, 0.1) is 33.5 Å². The van der Waals surface area contributed by atoms with Gasteiger partial charge in [0.2, 0.25) is 0 Å². The minimum absolute atomic E-state index is 0.0921. The molecule has 2 aliphatic carbocycles. The van der Waals surface area contributed by atoms with Crippen molar-refractivity contribution in [1.82, 2.24) is 0 Å². The molecule has 4 nitrogen and oxygen atoms in total. The highest BCUT2D eigenvalue weighted by molar-refractivity contribution is 8.01. The fourth-order valence-electron chi connectivity index (χ4n) is 4.50. The zero-order chi connectivity index (χ0) is 22.7. The highest BCUT2D eigenvalue weighted by atomic mass is 32.2. The van der Waals surface area contributed by atoms with Gasteiger partial charge in [-0.1, -0.05) is 59.7 Å². The predicted molar refractivity (Wildman–Crippen MR) is 134 cm³/mol. The van der Waals surface area contributed by atoms with E-state index in [1.165, 1.54) is 5.57 Å². The molecular formula is C28H20N2O2S. The fourth-order valence-corrected chi connectivity index (χ4v) is 5.75. The number of fused-ring (bicyclic) bond motifs is 5. The zero-order valence-electron chi connectivity index (χ0n) is 18.2. The van der Waals surface area contributed by atoms with Crippen molar-refractivity contribution in [3.05, 3.63) is 106 Å². The van der Waals surface area contributed by atoms with E-state index in [1.54, 1.807) is 36.0 Å². The molecule has 0 radical (unpaired) electrons. The molecule has 3 aromatic rings. The summed E-state index contributed by atoms with van der Waals surface area (Å²) in [5.74, 6) is -0.307. The van der Waals surface area contributed by atoms with Crippen LogP contribution in [-0.4, -0.2) is 22.5 Å². The average Bonchev–Trinajstić information content (AvgIpc) is 2.82. The van der Waals surface area contributed by atoms with Crippen molar-refractivity contribution in [1.29, 1.82) is 0 Å². The van der Waals surface area contributed by atoms with Crippen LogP contribution in [0.3, 0.4) is 0 Å². The average molecular weight is 449 g/mol. The standard InChI is InChI=1S/C28H20N2O2S/c1-15-7-10-17(11-8-15)29-21-14-23-26(30-20-12-9-16(2)13-22(20)33-23)25-24(21)27(31)18-5-3-4-6-19(18)28(25)32/h3-14,22,29H,1-2H3. The molecule has 1 unspecified atom stereocenters. The van der Waals surface area contributed by atoms with E-state index in [-0.39, 0.29) is 16.8 Å². The van der Waals surface area contributed by atoms with Crippen LogP contribution in [0.2, 0.25) is 0 Å². The van der Waals surface area contributed by atoms with E-state index in [1.807, 2.05) is 49.4 Å². The summed E-state index contributed by atoms with van der Waals surface area (Å²) in [6.07, 6.45) is 6.22. The molecule has 0 fully saturated rings. The second-order valence-electron chi connectivity index (χ2n) is 8.53. The first-order chi connectivity index (χ1) is 16.0. The Morgan fingerprint density at radius 1 is 0.879 bits per heavy atom. The highest BCUT2D eigenvalue weighted by Gasteiger charge is 2.37. The smallest absolute Gasteiger partial charge is 0.196 e. The van der Waals surface area contributed by atoms with Gasteiger partial charge in [0.15, 0.2) is 11.6 Å². The normalized spacial score (nSPS) is 17.9. The lowest BCUT2D eigenvalue weighted by molar-refractivity contribution is 0.0980. The van der Waals surface area contributed by atoms with Crippen molar-refractivity contribution >= 4 is 46.1 Å². The fraction of sp³-hybridized carbons (Fsp3) is 0.107. The molecule has 3 aromatic carbocycles. The number of thioether (sulfide) groups is 1. The Bertz CT molecular complexity index is 1460. The Balaban J connectivity index is 1.59. The molecule has 1 N–H and O–H groups in total. The molecule has 0 amide bonds. The third-order valence-corrected chi connectivity index (χ3v) is 7.38. The number of benzene rings is 3. The summed E-state index contributed by atoms with van der Waals surface area (Å²) in [5.41, 5.74) is 7.00. The number of aliphatic imine (C=N–C) groups is 1. The largest absolute Gasteiger partial charge is 0.355 e. The SMILES string of the molecule is CC1=CC2Sc3cc(Nc4ccc(C)cc4)c4c(c3N=C2C=C1)C(=O)c1ccccc1C4=O. The predicted octanol–water partition coefficient (Wildman–Crippen LogP) is 6.58. The van der Waals surface area contributed by atoms with Crippen LogP contribution in [0.5, 0.6) is 0 Å². The number of anilines is 2. The number of hydrogen-bond donors (Lipinski definition) is 1. The number of ketones is 2. The topological polar surface area (TPSA) is 58.5 Å². The molecule has 5 heteroatoms. The number of aryl methyl sites for hydroxylation is 1. The van der Waals surface area contributed by atoms with Gasteiger partial charge in [-0.25, -0.2) is 4.99 Å². The molecule has 33 heavy (non-hydrogen) atoms. The molecular weight excluding hydrogens is 428 g/mol. The van der Waals surface area contributed by atoms with E-state index >= 15 is 0 Å². The number of carbonyl (C=O) groups is 2. The summed E-state index contributed by atoms with van der Waals surface area (Å²) in [7, 11) is 0. The van der Waals surface area contributed by atoms with Gasteiger partial charge in [0.1, 0.15) is 0 Å². The van der Waals surface area contributed by atoms with Crippen LogP contribution in [-0.2, 0) is 0 Å². The monoisotopic (exact) mass is 448 g/mol. The van der Waals surface area contributed by atoms with E-state index in [0.717, 1.165) is 21.9 Å². The van der Waals surface area contributed by atoms with Crippen LogP contribution in [0.25, 0.3) is 0 Å². The van der Waals surface area contributed by atoms with Gasteiger partial charge in [-0.15, -0.1) is 11.8 Å². The Kier molecular flexibility index (Phi) is 4.49. The number of rotatable bonds is 2. The second kappa shape index (κ2) is 7.42. The third-order valence-electron chi connectivity index (χ3n) is 6.18. The van der Waals surface area contributed by atoms with E-state index in [4.69, 9.17) is 4.99 Å². The highest BCUT2D eigenvalue weighted by Crippen LogP contribution is 2.48. The van der Waals surface area contributed by atoms with Crippen molar-refractivity contribution in [2.45, 2.75) is 24.0 Å². The van der Waals surface area contributed by atoms with E-state index < -0.39 is 0 Å². The molecule has 1 aliphatic heterocycles. The molecule has 0 bridgehead atoms. The van der Waals surface area contributed by atoms with Gasteiger partial charge in [0, 0.05) is 21.7 Å². The van der Waals surface area contributed by atoms with Gasteiger partial charge in [0.25, 0.3) is 0 Å². The maximum atomic E-state index is 13.7. The summed E-state index contributed by atoms with van der Waals surface area (Å²) < 4.78 is 0. The lowest BCUT2D eigenvalue weighted by Crippen LogP contribution is -2.25. The van der Waals surface area contributed by atoms with Crippen LogP contribution in [0.15, 0.2) is 88.3 Å². The molecule has 3 aliphatic rings. The number of carbonyl (C=O) groups excluding carboxylic acids is 2. The minimum Gasteiger partial charge on any atom is -0.355 e. The van der Waals surface area contributed by atoms with E-state index in [2.05, 4.69) is 18.3 Å². The van der Waals surface area contributed by atoms with Gasteiger partial charge >= 0.3 is 0 Å². The maximum Gasteiger partial charge on any atom is 0.196 e. The molecule has 1 atom stereocenters. The number of nitrogens with zero attached hydrogens (tertiary/aromatic N) is 1. The molecule has 6 rings (SSSR count). The van der Waals surface area contributed by atoms with Crippen molar-refractivity contribution < 1.29 is 9.59 Å². The van der Waals surface area contributed by atoms with Crippen molar-refractivity contribution in [2.24, 2.45) is 4.99 Å². The Labute approximate surface area is 196 Å². The summed E-state index contributed by atoms with van der Waals surface area (Å²) >= 11 is 1.67. The van der Waals surface area contributed by atoms with Crippen molar-refractivity contribution in [3.63, 3.8) is 0 Å². The minimum atomic E-state index is -0.154. The molecule has 160 valence electrons. The lowest BCUT2D eigenvalue weighted by atomic mass is 9.82. The van der Waals surface area contributed by atoms with Gasteiger partial charge in [-0.2, -0.15) is 0 Å². The number of hydrogen-bond acceptors (Lipinski definition) is 5. The Hall–Kier alpha value is -3.70. The van der Waals surface area contributed by atoms with Gasteiger partial charge < -0.3 is 5.32 Å². The molecule has 0 aromatic heterocycles. The van der Waals surface area contributed by atoms with Crippen LogP contribution >= 0.6 is 11.8 Å². The quantitative estimate of drug-likeness (QED) is 0.376. The van der Waals surface area contributed by atoms with E-state index in [9.17, 15) is 9.59 Å². The Morgan fingerprint density at radius 2 is 1.58 bits per heavy atom. The van der Waals surface area contributed by atoms with Crippen molar-refractivity contribution in [2.75, 3.05) is 5.32 Å². The number of nitrogens with one attached hydrogen (secondary N) is 1. The van der Waals surface area contributed by atoms with Crippen LogP contribution < -0.4 is 5.32 Å². The van der Waals surface area contributed by atoms with Crippen LogP contribution in [0.1, 0.15) is 44.3 Å².